The molecule has 3 rings (SSSR count). The second-order valence-electron chi connectivity index (χ2n) is 6.45. The first-order chi connectivity index (χ1) is 14.0. The smallest absolute Gasteiger partial charge is 0.252 e. The number of amides is 2. The van der Waals surface area contributed by atoms with E-state index >= 15 is 0 Å². The molecule has 148 valence electrons. The Morgan fingerprint density at radius 2 is 1.62 bits per heavy atom. The molecule has 3 aromatic rings. The van der Waals surface area contributed by atoms with Crippen molar-refractivity contribution in [2.24, 2.45) is 0 Å². The molecular formula is C22H21FN4O2. The van der Waals surface area contributed by atoms with E-state index < -0.39 is 0 Å². The van der Waals surface area contributed by atoms with Crippen LogP contribution in [0.5, 0.6) is 0 Å². The zero-order valence-corrected chi connectivity index (χ0v) is 15.9. The molecule has 6 nitrogen and oxygen atoms in total. The Balaban J connectivity index is 1.50. The maximum absolute atomic E-state index is 12.9. The summed E-state index contributed by atoms with van der Waals surface area (Å²) < 4.78 is 12.9. The van der Waals surface area contributed by atoms with Gasteiger partial charge in [0.15, 0.2) is 0 Å². The average Bonchev–Trinajstić information content (AvgIpc) is 2.71. The third-order valence-corrected chi connectivity index (χ3v) is 4.12. The minimum Gasteiger partial charge on any atom is -0.352 e. The van der Waals surface area contributed by atoms with Gasteiger partial charge in [0.25, 0.3) is 5.91 Å². The molecule has 0 unspecified atom stereocenters. The van der Waals surface area contributed by atoms with Gasteiger partial charge in [-0.3, -0.25) is 9.59 Å². The summed E-state index contributed by atoms with van der Waals surface area (Å²) in [6.45, 7) is 1.90. The number of carbonyl (C=O) groups is 2. The number of hydrogen-bond donors (Lipinski definition) is 3. The van der Waals surface area contributed by atoms with Gasteiger partial charge in [0.05, 0.1) is 5.56 Å². The van der Waals surface area contributed by atoms with Crippen LogP contribution >= 0.6 is 0 Å². The van der Waals surface area contributed by atoms with E-state index in [0.717, 1.165) is 11.3 Å². The van der Waals surface area contributed by atoms with Crippen molar-refractivity contribution >= 4 is 29.0 Å². The lowest BCUT2D eigenvalue weighted by Crippen LogP contribution is -2.25. The fourth-order valence-corrected chi connectivity index (χ4v) is 2.66. The fraction of sp³-hybridized carbons (Fsp3) is 0.136. The fourth-order valence-electron chi connectivity index (χ4n) is 2.66. The minimum atomic E-state index is -0.277. The molecule has 2 amide bonds. The number of rotatable bonds is 7. The van der Waals surface area contributed by atoms with Crippen LogP contribution in [0.1, 0.15) is 22.8 Å². The molecule has 0 atom stereocenters. The molecule has 0 spiro atoms. The molecule has 0 aliphatic carbocycles. The summed E-state index contributed by atoms with van der Waals surface area (Å²) in [6.07, 6.45) is 2.12. The summed E-state index contributed by atoms with van der Waals surface area (Å²) >= 11 is 0. The first kappa shape index (κ1) is 20.0. The normalized spacial score (nSPS) is 10.3. The van der Waals surface area contributed by atoms with Gasteiger partial charge in [-0.15, -0.1) is 0 Å². The molecule has 0 radical (unpaired) electrons. The van der Waals surface area contributed by atoms with Crippen LogP contribution in [-0.4, -0.2) is 23.3 Å². The van der Waals surface area contributed by atoms with Crippen LogP contribution in [0.2, 0.25) is 0 Å². The predicted molar refractivity (Wildman–Crippen MR) is 111 cm³/mol. The van der Waals surface area contributed by atoms with E-state index in [0.29, 0.717) is 30.0 Å². The number of benzene rings is 2. The van der Waals surface area contributed by atoms with Crippen molar-refractivity contribution in [1.29, 1.82) is 0 Å². The number of nitrogens with one attached hydrogen (secondary N) is 3. The molecule has 29 heavy (non-hydrogen) atoms. The largest absolute Gasteiger partial charge is 0.352 e. The van der Waals surface area contributed by atoms with Gasteiger partial charge in [-0.05, 0) is 60.5 Å². The molecule has 0 saturated heterocycles. The summed E-state index contributed by atoms with van der Waals surface area (Å²) in [5.41, 5.74) is 2.93. The Kier molecular flexibility index (Phi) is 6.52. The SMILES string of the molecule is CC(=O)Nc1ccc(Nc2ccc(C(=O)NCCc3ccc(F)cc3)cn2)cc1. The van der Waals surface area contributed by atoms with Crippen LogP contribution in [0.3, 0.4) is 0 Å². The highest BCUT2D eigenvalue weighted by Crippen LogP contribution is 2.17. The van der Waals surface area contributed by atoms with Crippen LogP contribution in [0.15, 0.2) is 66.9 Å². The van der Waals surface area contributed by atoms with Crippen LogP contribution in [0, 0.1) is 5.82 Å². The van der Waals surface area contributed by atoms with Crippen molar-refractivity contribution < 1.29 is 14.0 Å². The molecule has 0 aliphatic heterocycles. The van der Waals surface area contributed by atoms with E-state index in [1.165, 1.54) is 25.3 Å². The summed E-state index contributed by atoms with van der Waals surface area (Å²) in [5.74, 6) is -0.0221. The zero-order chi connectivity index (χ0) is 20.6. The minimum absolute atomic E-state index is 0.126. The molecule has 2 aromatic carbocycles. The lowest BCUT2D eigenvalue weighted by atomic mass is 10.1. The zero-order valence-electron chi connectivity index (χ0n) is 15.9. The van der Waals surface area contributed by atoms with Crippen LogP contribution in [0.4, 0.5) is 21.6 Å². The molecule has 0 fully saturated rings. The van der Waals surface area contributed by atoms with Crippen molar-refractivity contribution in [3.63, 3.8) is 0 Å². The lowest BCUT2D eigenvalue weighted by molar-refractivity contribution is -0.114. The van der Waals surface area contributed by atoms with Crippen molar-refractivity contribution in [2.75, 3.05) is 17.2 Å². The van der Waals surface area contributed by atoms with E-state index in [1.54, 1.807) is 36.4 Å². The van der Waals surface area contributed by atoms with Crippen LogP contribution in [-0.2, 0) is 11.2 Å². The number of hydrogen-bond acceptors (Lipinski definition) is 4. The molecule has 0 saturated carbocycles. The highest BCUT2D eigenvalue weighted by atomic mass is 19.1. The van der Waals surface area contributed by atoms with Gasteiger partial charge in [0.2, 0.25) is 5.91 Å². The standard InChI is InChI=1S/C22H21FN4O2/c1-15(28)26-19-7-9-20(10-8-19)27-21-11-4-17(14-25-21)22(29)24-13-12-16-2-5-18(23)6-3-16/h2-11,14H,12-13H2,1H3,(H,24,29)(H,25,27)(H,26,28). The number of aromatic nitrogens is 1. The second-order valence-corrected chi connectivity index (χ2v) is 6.45. The molecule has 0 bridgehead atoms. The average molecular weight is 392 g/mol. The highest BCUT2D eigenvalue weighted by Gasteiger charge is 2.06. The van der Waals surface area contributed by atoms with Gasteiger partial charge >= 0.3 is 0 Å². The maximum atomic E-state index is 12.9. The summed E-state index contributed by atoms with van der Waals surface area (Å²) in [4.78, 5) is 27.5. The lowest BCUT2D eigenvalue weighted by Gasteiger charge is -2.09. The Morgan fingerprint density at radius 1 is 0.931 bits per heavy atom. The van der Waals surface area contributed by atoms with E-state index in [9.17, 15) is 14.0 Å². The third kappa shape index (κ3) is 6.14. The molecule has 1 heterocycles. The number of carbonyl (C=O) groups excluding carboxylic acids is 2. The first-order valence-electron chi connectivity index (χ1n) is 9.13. The van der Waals surface area contributed by atoms with Crippen LogP contribution in [0.25, 0.3) is 0 Å². The molecular weight excluding hydrogens is 371 g/mol. The summed E-state index contributed by atoms with van der Waals surface area (Å²) in [6, 6.07) is 16.8. The van der Waals surface area contributed by atoms with E-state index in [2.05, 4.69) is 20.9 Å². The second kappa shape index (κ2) is 9.45. The molecule has 1 aromatic heterocycles. The van der Waals surface area contributed by atoms with E-state index in [1.807, 2.05) is 12.1 Å². The van der Waals surface area contributed by atoms with Crippen molar-refractivity contribution in [3.05, 3.63) is 83.8 Å². The topological polar surface area (TPSA) is 83.1 Å². The number of anilines is 3. The van der Waals surface area contributed by atoms with Crippen LogP contribution < -0.4 is 16.0 Å². The number of nitrogens with zero attached hydrogens (tertiary/aromatic N) is 1. The number of halogens is 1. The summed E-state index contributed by atoms with van der Waals surface area (Å²) in [5, 5.41) is 8.66. The highest BCUT2D eigenvalue weighted by molar-refractivity contribution is 5.94. The van der Waals surface area contributed by atoms with E-state index in [4.69, 9.17) is 0 Å². The quantitative estimate of drug-likeness (QED) is 0.570. The summed E-state index contributed by atoms with van der Waals surface area (Å²) in [7, 11) is 0. The Hall–Kier alpha value is -3.74. The molecule has 0 aliphatic rings. The predicted octanol–water partition coefficient (Wildman–Crippen LogP) is 3.90. The van der Waals surface area contributed by atoms with E-state index in [-0.39, 0.29) is 17.6 Å². The monoisotopic (exact) mass is 392 g/mol. The first-order valence-corrected chi connectivity index (χ1v) is 9.13. The van der Waals surface area contributed by atoms with Crippen molar-refractivity contribution in [2.45, 2.75) is 13.3 Å². The third-order valence-electron chi connectivity index (χ3n) is 4.12. The van der Waals surface area contributed by atoms with Gasteiger partial charge in [-0.1, -0.05) is 12.1 Å². The van der Waals surface area contributed by atoms with Gasteiger partial charge < -0.3 is 16.0 Å². The molecule has 3 N–H and O–H groups in total. The Bertz CT molecular complexity index is 971. The van der Waals surface area contributed by atoms with Crippen molar-refractivity contribution in [1.82, 2.24) is 10.3 Å². The maximum Gasteiger partial charge on any atom is 0.252 e. The van der Waals surface area contributed by atoms with Gasteiger partial charge in [-0.25, -0.2) is 9.37 Å². The van der Waals surface area contributed by atoms with Crippen molar-refractivity contribution in [3.8, 4) is 0 Å². The van der Waals surface area contributed by atoms with Gasteiger partial charge in [0.1, 0.15) is 11.6 Å². The number of pyridine rings is 1. The van der Waals surface area contributed by atoms with Gasteiger partial charge in [-0.2, -0.15) is 0 Å². The van der Waals surface area contributed by atoms with Gasteiger partial charge in [0, 0.05) is 31.0 Å². The Morgan fingerprint density at radius 3 is 2.24 bits per heavy atom. The molecule has 7 heteroatoms. The Labute approximate surface area is 168 Å².